The molecule has 0 saturated carbocycles. The van der Waals surface area contributed by atoms with Gasteiger partial charge >= 0.3 is 6.03 Å². The Labute approximate surface area is 163 Å². The minimum absolute atomic E-state index is 0.259. The van der Waals surface area contributed by atoms with Crippen LogP contribution < -0.4 is 15.5 Å². The maximum atomic E-state index is 12.4. The van der Waals surface area contributed by atoms with Crippen LogP contribution in [0.5, 0.6) is 0 Å². The molecule has 2 amide bonds. The maximum absolute atomic E-state index is 12.4. The molecule has 3 aromatic rings. The maximum Gasteiger partial charge on any atom is 0.323 e. The average molecular weight is 369 g/mol. The molecule has 0 bridgehead atoms. The van der Waals surface area contributed by atoms with E-state index in [9.17, 15) is 4.79 Å². The molecule has 2 heterocycles. The van der Waals surface area contributed by atoms with E-state index >= 15 is 0 Å². The Hall–Kier alpha value is -3.85. The van der Waals surface area contributed by atoms with Crippen LogP contribution in [0.3, 0.4) is 0 Å². The fraction of sp³-hybridized carbons (Fsp3) is 0.136. The van der Waals surface area contributed by atoms with Crippen LogP contribution in [0, 0.1) is 11.3 Å². The summed E-state index contributed by atoms with van der Waals surface area (Å²) in [5, 5.41) is 14.9. The first-order chi connectivity index (χ1) is 13.7. The lowest BCUT2D eigenvalue weighted by atomic mass is 9.97. The molecule has 2 N–H and O–H groups in total. The molecule has 6 nitrogen and oxygen atoms in total. The molecule has 138 valence electrons. The van der Waals surface area contributed by atoms with Crippen molar-refractivity contribution in [3.63, 3.8) is 0 Å². The Morgan fingerprint density at radius 3 is 2.64 bits per heavy atom. The Kier molecular flexibility index (Phi) is 4.89. The predicted octanol–water partition coefficient (Wildman–Crippen LogP) is 4.16. The lowest BCUT2D eigenvalue weighted by Gasteiger charge is -2.31. The Morgan fingerprint density at radius 1 is 1.00 bits per heavy atom. The van der Waals surface area contributed by atoms with Crippen molar-refractivity contribution >= 4 is 23.2 Å². The molecule has 1 aromatic heterocycles. The third kappa shape index (κ3) is 3.79. The number of urea groups is 1. The van der Waals surface area contributed by atoms with Crippen molar-refractivity contribution in [2.45, 2.75) is 13.0 Å². The summed E-state index contributed by atoms with van der Waals surface area (Å²) < 4.78 is 0. The summed E-state index contributed by atoms with van der Waals surface area (Å²) in [6.45, 7) is 1.46. The number of amides is 2. The van der Waals surface area contributed by atoms with Gasteiger partial charge in [0.2, 0.25) is 0 Å². The minimum Gasteiger partial charge on any atom is -0.352 e. The van der Waals surface area contributed by atoms with Crippen LogP contribution in [0.25, 0.3) is 0 Å². The molecule has 0 fully saturated rings. The number of para-hydroxylation sites is 1. The quantitative estimate of drug-likeness (QED) is 0.726. The van der Waals surface area contributed by atoms with Crippen molar-refractivity contribution in [2.75, 3.05) is 22.1 Å². The summed E-state index contributed by atoms with van der Waals surface area (Å²) in [5.41, 5.74) is 4.27. The third-order valence-corrected chi connectivity index (χ3v) is 4.72. The number of carbonyl (C=O) groups excluding carboxylic acids is 1. The molecule has 0 unspecified atom stereocenters. The summed E-state index contributed by atoms with van der Waals surface area (Å²) in [6.07, 6.45) is 0.787. The zero-order chi connectivity index (χ0) is 19.3. The van der Waals surface area contributed by atoms with Gasteiger partial charge in [0.05, 0.1) is 0 Å². The highest BCUT2D eigenvalue weighted by Crippen LogP contribution is 2.28. The molecule has 0 spiro atoms. The van der Waals surface area contributed by atoms with Crippen LogP contribution in [0.15, 0.2) is 66.7 Å². The van der Waals surface area contributed by atoms with Gasteiger partial charge in [0.15, 0.2) is 0 Å². The molecule has 2 aromatic carbocycles. The number of rotatable bonds is 3. The molecule has 28 heavy (non-hydrogen) atoms. The number of hydrogen-bond acceptors (Lipinski definition) is 4. The van der Waals surface area contributed by atoms with Crippen molar-refractivity contribution in [2.24, 2.45) is 0 Å². The van der Waals surface area contributed by atoms with Crippen molar-refractivity contribution in [3.8, 4) is 6.07 Å². The summed E-state index contributed by atoms with van der Waals surface area (Å²) in [7, 11) is 0. The SMILES string of the molecule is N#Cc1cccc(N2CCc3c(cccc3NC(=O)Nc3ccccc3)C2)n1. The molecule has 1 aliphatic rings. The number of hydrogen-bond donors (Lipinski definition) is 2. The highest BCUT2D eigenvalue weighted by Gasteiger charge is 2.20. The highest BCUT2D eigenvalue weighted by atomic mass is 16.2. The summed E-state index contributed by atoms with van der Waals surface area (Å²) in [5.74, 6) is 0.796. The second kappa shape index (κ2) is 7.80. The molecule has 0 atom stereocenters. The number of nitrogens with one attached hydrogen (secondary N) is 2. The molecule has 1 aliphatic heterocycles. The zero-order valence-electron chi connectivity index (χ0n) is 15.2. The van der Waals surface area contributed by atoms with Crippen LogP contribution in [0.4, 0.5) is 22.0 Å². The van der Waals surface area contributed by atoms with Gasteiger partial charge in [-0.2, -0.15) is 5.26 Å². The van der Waals surface area contributed by atoms with Crippen LogP contribution >= 0.6 is 0 Å². The molecule has 0 saturated heterocycles. The van der Waals surface area contributed by atoms with Gasteiger partial charge in [0.1, 0.15) is 17.6 Å². The topological polar surface area (TPSA) is 81.0 Å². The number of carbonyl (C=O) groups is 1. The second-order valence-electron chi connectivity index (χ2n) is 6.55. The second-order valence-corrected chi connectivity index (χ2v) is 6.55. The normalized spacial score (nSPS) is 12.6. The van der Waals surface area contributed by atoms with Gasteiger partial charge in [-0.3, -0.25) is 0 Å². The number of anilines is 3. The Morgan fingerprint density at radius 2 is 1.82 bits per heavy atom. The van der Waals surface area contributed by atoms with Gasteiger partial charge in [-0.25, -0.2) is 9.78 Å². The molecule has 0 radical (unpaired) electrons. The zero-order valence-corrected chi connectivity index (χ0v) is 15.2. The lowest BCUT2D eigenvalue weighted by Crippen LogP contribution is -2.32. The summed E-state index contributed by atoms with van der Waals surface area (Å²) in [6, 6.07) is 22.6. The van der Waals surface area contributed by atoms with E-state index in [2.05, 4.69) is 32.7 Å². The van der Waals surface area contributed by atoms with Crippen molar-refractivity contribution in [3.05, 3.63) is 83.6 Å². The predicted molar refractivity (Wildman–Crippen MR) is 109 cm³/mol. The molecule has 6 heteroatoms. The first-order valence-electron chi connectivity index (χ1n) is 9.09. The van der Waals surface area contributed by atoms with E-state index in [1.165, 1.54) is 0 Å². The third-order valence-electron chi connectivity index (χ3n) is 4.72. The first kappa shape index (κ1) is 17.6. The fourth-order valence-electron chi connectivity index (χ4n) is 3.39. The van der Waals surface area contributed by atoms with Crippen LogP contribution in [-0.2, 0) is 13.0 Å². The molecule has 0 aliphatic carbocycles. The number of benzene rings is 2. The minimum atomic E-state index is -0.259. The number of nitrogens with zero attached hydrogens (tertiary/aromatic N) is 3. The van der Waals surface area contributed by atoms with Gasteiger partial charge in [-0.1, -0.05) is 36.4 Å². The van der Waals surface area contributed by atoms with E-state index in [1.807, 2.05) is 54.6 Å². The van der Waals surface area contributed by atoms with Crippen molar-refractivity contribution in [1.82, 2.24) is 4.98 Å². The first-order valence-corrected chi connectivity index (χ1v) is 9.09. The average Bonchev–Trinajstić information content (AvgIpc) is 2.74. The van der Waals surface area contributed by atoms with Crippen LogP contribution in [0.1, 0.15) is 16.8 Å². The fourth-order valence-corrected chi connectivity index (χ4v) is 3.39. The number of aromatic nitrogens is 1. The lowest BCUT2D eigenvalue weighted by molar-refractivity contribution is 0.262. The van der Waals surface area contributed by atoms with Crippen LogP contribution in [-0.4, -0.2) is 17.6 Å². The van der Waals surface area contributed by atoms with Gasteiger partial charge < -0.3 is 15.5 Å². The van der Waals surface area contributed by atoms with E-state index in [0.29, 0.717) is 12.2 Å². The monoisotopic (exact) mass is 369 g/mol. The van der Waals surface area contributed by atoms with Gasteiger partial charge in [-0.15, -0.1) is 0 Å². The smallest absolute Gasteiger partial charge is 0.323 e. The Balaban J connectivity index is 1.50. The summed E-state index contributed by atoms with van der Waals surface area (Å²) in [4.78, 5) is 18.9. The number of nitriles is 1. The molecular formula is C22H19N5O. The standard InChI is InChI=1S/C22H19N5O/c23-14-18-9-5-11-21(24-18)27-13-12-19-16(15-27)6-4-10-20(19)26-22(28)25-17-7-2-1-3-8-17/h1-11H,12-13,15H2,(H2,25,26,28). The Bertz CT molecular complexity index is 1040. The van der Waals surface area contributed by atoms with Gasteiger partial charge in [0, 0.05) is 24.5 Å². The van der Waals surface area contributed by atoms with Gasteiger partial charge in [0.25, 0.3) is 0 Å². The van der Waals surface area contributed by atoms with E-state index in [0.717, 1.165) is 41.3 Å². The van der Waals surface area contributed by atoms with Crippen molar-refractivity contribution < 1.29 is 4.79 Å². The van der Waals surface area contributed by atoms with Gasteiger partial charge in [-0.05, 0) is 47.9 Å². The summed E-state index contributed by atoms with van der Waals surface area (Å²) >= 11 is 0. The van der Waals surface area contributed by atoms with E-state index in [1.54, 1.807) is 6.07 Å². The highest BCUT2D eigenvalue weighted by molar-refractivity contribution is 6.00. The molecule has 4 rings (SSSR count). The largest absolute Gasteiger partial charge is 0.352 e. The van der Waals surface area contributed by atoms with E-state index < -0.39 is 0 Å². The number of fused-ring (bicyclic) bond motifs is 1. The molecular weight excluding hydrogens is 350 g/mol. The van der Waals surface area contributed by atoms with E-state index in [4.69, 9.17) is 5.26 Å². The number of pyridine rings is 1. The van der Waals surface area contributed by atoms with E-state index in [-0.39, 0.29) is 6.03 Å². The van der Waals surface area contributed by atoms with Crippen molar-refractivity contribution in [1.29, 1.82) is 5.26 Å². The van der Waals surface area contributed by atoms with Crippen LogP contribution in [0.2, 0.25) is 0 Å².